The normalized spacial score (nSPS) is 11.4. The average Bonchev–Trinajstić information content (AvgIpc) is 3.30. The Bertz CT molecular complexity index is 1650. The highest BCUT2D eigenvalue weighted by molar-refractivity contribution is 6.25. The molecular formula is C28H18N2O2. The molecule has 0 aliphatic heterocycles. The van der Waals surface area contributed by atoms with Crippen molar-refractivity contribution >= 4 is 38.0 Å². The molecule has 5 aromatic carbocycles. The van der Waals surface area contributed by atoms with E-state index >= 15 is 0 Å². The molecule has 152 valence electrons. The van der Waals surface area contributed by atoms with Crippen LogP contribution in [0.1, 0.15) is 0 Å². The van der Waals surface area contributed by atoms with Crippen molar-refractivity contribution in [3.8, 4) is 16.8 Å². The van der Waals surface area contributed by atoms with Crippen LogP contribution in [-0.2, 0) is 0 Å². The zero-order valence-corrected chi connectivity index (χ0v) is 17.1. The van der Waals surface area contributed by atoms with Gasteiger partial charge in [0.25, 0.3) is 5.69 Å². The molecule has 4 heteroatoms. The number of rotatable bonds is 3. The van der Waals surface area contributed by atoms with Crippen LogP contribution in [0.25, 0.3) is 49.1 Å². The molecule has 0 spiro atoms. The summed E-state index contributed by atoms with van der Waals surface area (Å²) in [5.74, 6) is 0. The second kappa shape index (κ2) is 7.06. The van der Waals surface area contributed by atoms with E-state index in [2.05, 4.69) is 65.5 Å². The smallest absolute Gasteiger partial charge is 0.277 e. The van der Waals surface area contributed by atoms with Crippen LogP contribution in [0.5, 0.6) is 0 Å². The molecule has 1 aromatic heterocycles. The predicted molar refractivity (Wildman–Crippen MR) is 130 cm³/mol. The second-order valence-corrected chi connectivity index (χ2v) is 7.91. The average molecular weight is 414 g/mol. The number of para-hydroxylation sites is 2. The molecule has 0 aliphatic rings. The number of nitro groups is 1. The van der Waals surface area contributed by atoms with Crippen molar-refractivity contribution in [1.82, 2.24) is 4.57 Å². The van der Waals surface area contributed by atoms with Gasteiger partial charge in [0.2, 0.25) is 0 Å². The van der Waals surface area contributed by atoms with E-state index in [0.717, 1.165) is 32.8 Å². The second-order valence-electron chi connectivity index (χ2n) is 7.91. The quantitative estimate of drug-likeness (QED) is 0.171. The molecule has 1 heterocycles. The molecule has 6 aromatic rings. The predicted octanol–water partition coefficient (Wildman–Crippen LogP) is 7.51. The van der Waals surface area contributed by atoms with Gasteiger partial charge in [-0.1, -0.05) is 66.7 Å². The molecule has 0 amide bonds. The van der Waals surface area contributed by atoms with Crippen LogP contribution in [0.15, 0.2) is 109 Å². The maximum atomic E-state index is 11.6. The summed E-state index contributed by atoms with van der Waals surface area (Å²) in [5.41, 5.74) is 2.68. The van der Waals surface area contributed by atoms with Gasteiger partial charge in [0.1, 0.15) is 0 Å². The number of hydrogen-bond acceptors (Lipinski definition) is 2. The minimum atomic E-state index is -0.318. The van der Waals surface area contributed by atoms with Crippen molar-refractivity contribution in [3.63, 3.8) is 0 Å². The summed E-state index contributed by atoms with van der Waals surface area (Å²) in [6.07, 6.45) is 4.33. The third-order valence-corrected chi connectivity index (χ3v) is 6.11. The van der Waals surface area contributed by atoms with Gasteiger partial charge in [0, 0.05) is 34.9 Å². The van der Waals surface area contributed by atoms with Gasteiger partial charge in [-0.05, 0) is 51.4 Å². The van der Waals surface area contributed by atoms with E-state index < -0.39 is 0 Å². The first-order valence-electron chi connectivity index (χ1n) is 10.5. The third-order valence-electron chi connectivity index (χ3n) is 6.11. The summed E-state index contributed by atoms with van der Waals surface area (Å²) in [4.78, 5) is 11.3. The van der Waals surface area contributed by atoms with Crippen LogP contribution >= 0.6 is 0 Å². The Labute approximate surface area is 184 Å². The van der Waals surface area contributed by atoms with E-state index in [0.29, 0.717) is 5.56 Å². The summed E-state index contributed by atoms with van der Waals surface area (Å²) in [6.45, 7) is 0. The lowest BCUT2D eigenvalue weighted by Gasteiger charge is -2.10. The van der Waals surface area contributed by atoms with Crippen LogP contribution in [0, 0.1) is 10.1 Å². The maximum Gasteiger partial charge on any atom is 0.277 e. The van der Waals surface area contributed by atoms with Crippen molar-refractivity contribution in [2.45, 2.75) is 0 Å². The standard InChI is InChI=1S/C28H18N2O2/c31-30(32)28-13-7-6-10-21(28)19-14-15-24-22-11-4-5-12-23(22)26-17-29(18-27(26)25(24)16-19)20-8-2-1-3-9-20/h1-18H. The van der Waals surface area contributed by atoms with Gasteiger partial charge in [-0.15, -0.1) is 0 Å². The molecule has 0 fully saturated rings. The number of fused-ring (bicyclic) bond motifs is 6. The molecule has 32 heavy (non-hydrogen) atoms. The van der Waals surface area contributed by atoms with E-state index in [1.807, 2.05) is 36.4 Å². The summed E-state index contributed by atoms with van der Waals surface area (Å²) in [5, 5.41) is 18.5. The SMILES string of the molecule is O=[N+]([O-])c1ccccc1-c1ccc2c3ccccc3c3cn(-c4ccccc4)cc3c2c1. The largest absolute Gasteiger partial charge is 0.323 e. The van der Waals surface area contributed by atoms with Gasteiger partial charge in [-0.25, -0.2) is 0 Å². The Hall–Kier alpha value is -4.44. The molecule has 0 aliphatic carbocycles. The molecule has 6 rings (SSSR count). The minimum absolute atomic E-state index is 0.116. The fraction of sp³-hybridized carbons (Fsp3) is 0. The number of benzene rings is 5. The van der Waals surface area contributed by atoms with Crippen molar-refractivity contribution < 1.29 is 4.92 Å². The molecule has 0 atom stereocenters. The van der Waals surface area contributed by atoms with E-state index in [9.17, 15) is 10.1 Å². The Balaban J connectivity index is 1.71. The lowest BCUT2D eigenvalue weighted by atomic mass is 9.93. The van der Waals surface area contributed by atoms with Gasteiger partial charge in [-0.3, -0.25) is 10.1 Å². The van der Waals surface area contributed by atoms with E-state index in [4.69, 9.17) is 0 Å². The first-order chi connectivity index (χ1) is 15.7. The summed E-state index contributed by atoms with van der Waals surface area (Å²) in [6, 6.07) is 31.7. The molecule has 0 saturated heterocycles. The zero-order chi connectivity index (χ0) is 21.7. The van der Waals surface area contributed by atoms with Crippen molar-refractivity contribution in [2.24, 2.45) is 0 Å². The summed E-state index contributed by atoms with van der Waals surface area (Å²) in [7, 11) is 0. The molecular weight excluding hydrogens is 396 g/mol. The topological polar surface area (TPSA) is 48.1 Å². The fourth-order valence-corrected chi connectivity index (χ4v) is 4.63. The maximum absolute atomic E-state index is 11.6. The molecule has 0 unspecified atom stereocenters. The molecule has 0 bridgehead atoms. The summed E-state index contributed by atoms with van der Waals surface area (Å²) < 4.78 is 2.15. The molecule has 4 nitrogen and oxygen atoms in total. The van der Waals surface area contributed by atoms with Crippen LogP contribution in [0.4, 0.5) is 5.69 Å². The Morgan fingerprint density at radius 2 is 1.19 bits per heavy atom. The highest BCUT2D eigenvalue weighted by atomic mass is 16.6. The zero-order valence-electron chi connectivity index (χ0n) is 17.1. The van der Waals surface area contributed by atoms with Crippen molar-refractivity contribution in [2.75, 3.05) is 0 Å². The lowest BCUT2D eigenvalue weighted by Crippen LogP contribution is -1.91. The Morgan fingerprint density at radius 3 is 1.94 bits per heavy atom. The highest BCUT2D eigenvalue weighted by Gasteiger charge is 2.17. The van der Waals surface area contributed by atoms with E-state index in [1.165, 1.54) is 10.8 Å². The number of hydrogen-bond donors (Lipinski definition) is 0. The molecule has 0 radical (unpaired) electrons. The van der Waals surface area contributed by atoms with Gasteiger partial charge in [0.15, 0.2) is 0 Å². The summed E-state index contributed by atoms with van der Waals surface area (Å²) >= 11 is 0. The number of nitro benzene ring substituents is 1. The minimum Gasteiger partial charge on any atom is -0.323 e. The number of aromatic nitrogens is 1. The third kappa shape index (κ3) is 2.77. The van der Waals surface area contributed by atoms with E-state index in [-0.39, 0.29) is 10.6 Å². The van der Waals surface area contributed by atoms with Gasteiger partial charge in [0.05, 0.1) is 10.5 Å². The van der Waals surface area contributed by atoms with Crippen LogP contribution in [-0.4, -0.2) is 9.49 Å². The van der Waals surface area contributed by atoms with Crippen molar-refractivity contribution in [1.29, 1.82) is 0 Å². The highest BCUT2D eigenvalue weighted by Crippen LogP contribution is 2.39. The Morgan fingerprint density at radius 1 is 0.594 bits per heavy atom. The van der Waals surface area contributed by atoms with Gasteiger partial charge < -0.3 is 4.57 Å². The molecule has 0 saturated carbocycles. The monoisotopic (exact) mass is 414 g/mol. The fourth-order valence-electron chi connectivity index (χ4n) is 4.63. The first-order valence-corrected chi connectivity index (χ1v) is 10.5. The van der Waals surface area contributed by atoms with Crippen LogP contribution in [0.3, 0.4) is 0 Å². The Kier molecular flexibility index (Phi) is 4.05. The van der Waals surface area contributed by atoms with Crippen molar-refractivity contribution in [3.05, 3.63) is 120 Å². The van der Waals surface area contributed by atoms with Crippen LogP contribution in [0.2, 0.25) is 0 Å². The lowest BCUT2D eigenvalue weighted by molar-refractivity contribution is -0.384. The van der Waals surface area contributed by atoms with Gasteiger partial charge >= 0.3 is 0 Å². The van der Waals surface area contributed by atoms with Crippen LogP contribution < -0.4 is 0 Å². The first kappa shape index (κ1) is 18.3. The number of nitrogens with zero attached hydrogens (tertiary/aromatic N) is 2. The van der Waals surface area contributed by atoms with Gasteiger partial charge in [-0.2, -0.15) is 0 Å². The molecule has 0 N–H and O–H groups in total. The van der Waals surface area contributed by atoms with E-state index in [1.54, 1.807) is 12.1 Å².